The Kier molecular flexibility index (Phi) is 8.19. The van der Waals surface area contributed by atoms with Gasteiger partial charge in [0.15, 0.2) is 4.80 Å². The number of aromatic carboxylic acids is 1. The fraction of sp³-hybridized carbons (Fsp3) is 0.167. The number of carboxylic acids is 1. The Morgan fingerprint density at radius 3 is 2.42 bits per heavy atom. The highest BCUT2D eigenvalue weighted by Crippen LogP contribution is 2.35. The second-order valence-corrected chi connectivity index (χ2v) is 11.8. The number of fused-ring (bicyclic) bond motifs is 1. The quantitative estimate of drug-likeness (QED) is 0.213. The SMILES string of the molecule is CCOC(=O)C1=C(c2ccccc2)N=c2s/c(=C/c3ccc(-c4cccc(C(=O)O)c4)o3)c(=O)n2[C@H]1c1ccc(C(C)C)cc1. The van der Waals surface area contributed by atoms with E-state index in [0.717, 1.165) is 16.7 Å². The van der Waals surface area contributed by atoms with Gasteiger partial charge in [-0.3, -0.25) is 9.36 Å². The van der Waals surface area contributed by atoms with Gasteiger partial charge in [0.2, 0.25) is 0 Å². The highest BCUT2D eigenvalue weighted by atomic mass is 32.1. The minimum Gasteiger partial charge on any atom is -0.478 e. The summed E-state index contributed by atoms with van der Waals surface area (Å²) in [5.41, 5.74) is 3.81. The lowest BCUT2D eigenvalue weighted by molar-refractivity contribution is -0.138. The zero-order valence-corrected chi connectivity index (χ0v) is 25.7. The van der Waals surface area contributed by atoms with Crippen molar-refractivity contribution in [3.8, 4) is 11.3 Å². The Bertz CT molecular complexity index is 2120. The van der Waals surface area contributed by atoms with Crippen LogP contribution in [0.25, 0.3) is 23.1 Å². The molecule has 0 unspecified atom stereocenters. The number of aromatic nitrogens is 1. The maximum Gasteiger partial charge on any atom is 0.338 e. The first-order chi connectivity index (χ1) is 21.7. The summed E-state index contributed by atoms with van der Waals surface area (Å²) in [6.07, 6.45) is 1.64. The van der Waals surface area contributed by atoms with E-state index in [0.29, 0.717) is 38.0 Å². The van der Waals surface area contributed by atoms with Gasteiger partial charge in [0, 0.05) is 17.2 Å². The first kappa shape index (κ1) is 29.8. The van der Waals surface area contributed by atoms with Crippen LogP contribution in [0.1, 0.15) is 65.5 Å². The topological polar surface area (TPSA) is 111 Å². The molecule has 5 aromatic rings. The molecule has 9 heteroatoms. The van der Waals surface area contributed by atoms with Crippen molar-refractivity contribution in [2.75, 3.05) is 6.61 Å². The number of carboxylic acid groups (broad SMARTS) is 1. The van der Waals surface area contributed by atoms with Gasteiger partial charge in [-0.1, -0.05) is 91.9 Å². The maximum absolute atomic E-state index is 14.1. The van der Waals surface area contributed by atoms with E-state index in [1.807, 2.05) is 54.6 Å². The number of hydrogen-bond acceptors (Lipinski definition) is 7. The molecule has 1 aliphatic heterocycles. The number of nitrogens with zero attached hydrogens (tertiary/aromatic N) is 2. The smallest absolute Gasteiger partial charge is 0.338 e. The fourth-order valence-corrected chi connectivity index (χ4v) is 6.32. The molecule has 0 saturated carbocycles. The van der Waals surface area contributed by atoms with Crippen LogP contribution in [-0.4, -0.2) is 28.2 Å². The van der Waals surface area contributed by atoms with Crippen LogP contribution in [0.2, 0.25) is 0 Å². The first-order valence-corrected chi connectivity index (χ1v) is 15.4. The zero-order chi connectivity index (χ0) is 31.7. The lowest BCUT2D eigenvalue weighted by Gasteiger charge is -2.26. The molecule has 3 aromatic carbocycles. The minimum atomic E-state index is -1.03. The standard InChI is InChI=1S/C36H30N2O6S/c1-4-43-35(42)30-31(23-9-6-5-7-10-23)37-36-38(32(30)24-15-13-22(14-16-24)21(2)3)33(39)29(45-36)20-27-17-18-28(44-27)25-11-8-12-26(19-25)34(40)41/h5-21,32H,4H2,1-3H3,(H,40,41)/b29-20+/t32-/m0/s1. The second-order valence-electron chi connectivity index (χ2n) is 10.8. The molecule has 1 aliphatic rings. The molecule has 0 saturated heterocycles. The van der Waals surface area contributed by atoms with E-state index >= 15 is 0 Å². The molecule has 0 amide bonds. The molecule has 3 heterocycles. The average molecular weight is 619 g/mol. The summed E-state index contributed by atoms with van der Waals surface area (Å²) in [4.78, 5) is 44.6. The number of ether oxygens (including phenoxy) is 1. The predicted octanol–water partition coefficient (Wildman–Crippen LogP) is 6.02. The predicted molar refractivity (Wildman–Crippen MR) is 173 cm³/mol. The van der Waals surface area contributed by atoms with E-state index in [4.69, 9.17) is 14.1 Å². The summed E-state index contributed by atoms with van der Waals surface area (Å²) >= 11 is 1.20. The number of benzene rings is 3. The van der Waals surface area contributed by atoms with E-state index in [1.165, 1.54) is 23.5 Å². The Morgan fingerprint density at radius 2 is 1.73 bits per heavy atom. The molecule has 8 nitrogen and oxygen atoms in total. The largest absolute Gasteiger partial charge is 0.478 e. The van der Waals surface area contributed by atoms with Crippen LogP contribution in [0.4, 0.5) is 0 Å². The zero-order valence-electron chi connectivity index (χ0n) is 24.9. The average Bonchev–Trinajstić information content (AvgIpc) is 3.65. The van der Waals surface area contributed by atoms with Crippen molar-refractivity contribution in [3.05, 3.63) is 144 Å². The molecule has 0 bridgehead atoms. The molecule has 0 spiro atoms. The Hall–Kier alpha value is -5.28. The molecule has 2 aromatic heterocycles. The van der Waals surface area contributed by atoms with E-state index in [9.17, 15) is 19.5 Å². The van der Waals surface area contributed by atoms with Gasteiger partial charge in [0.25, 0.3) is 5.56 Å². The Morgan fingerprint density at radius 1 is 1.00 bits per heavy atom. The van der Waals surface area contributed by atoms with E-state index in [2.05, 4.69) is 13.8 Å². The molecular weight excluding hydrogens is 588 g/mol. The van der Waals surface area contributed by atoms with Gasteiger partial charge in [0.1, 0.15) is 11.5 Å². The van der Waals surface area contributed by atoms with Crippen LogP contribution in [0.5, 0.6) is 0 Å². The molecule has 0 aliphatic carbocycles. The summed E-state index contributed by atoms with van der Waals surface area (Å²) < 4.78 is 13.5. The molecule has 1 atom stereocenters. The van der Waals surface area contributed by atoms with E-state index in [-0.39, 0.29) is 23.3 Å². The van der Waals surface area contributed by atoms with Gasteiger partial charge in [-0.25, -0.2) is 14.6 Å². The number of carbonyl (C=O) groups is 2. The lowest BCUT2D eigenvalue weighted by Crippen LogP contribution is -2.40. The van der Waals surface area contributed by atoms with Crippen LogP contribution in [0.15, 0.2) is 111 Å². The van der Waals surface area contributed by atoms with Crippen LogP contribution in [0, 0.1) is 0 Å². The van der Waals surface area contributed by atoms with Gasteiger partial charge in [-0.05, 0) is 48.2 Å². The summed E-state index contributed by atoms with van der Waals surface area (Å²) in [5.74, 6) is -0.370. The molecule has 0 fully saturated rings. The summed E-state index contributed by atoms with van der Waals surface area (Å²) in [6, 6.07) is 26.5. The number of rotatable bonds is 8. The van der Waals surface area contributed by atoms with Crippen molar-refractivity contribution < 1.29 is 23.8 Å². The third-order valence-electron chi connectivity index (χ3n) is 7.59. The molecule has 6 rings (SSSR count). The minimum absolute atomic E-state index is 0.145. The van der Waals surface area contributed by atoms with Crippen molar-refractivity contribution in [1.29, 1.82) is 0 Å². The first-order valence-electron chi connectivity index (χ1n) is 14.6. The van der Waals surface area contributed by atoms with Gasteiger partial charge in [0.05, 0.1) is 34.0 Å². The molecular formula is C36H30N2O6S. The van der Waals surface area contributed by atoms with Crippen molar-refractivity contribution in [1.82, 2.24) is 4.57 Å². The van der Waals surface area contributed by atoms with Crippen molar-refractivity contribution in [3.63, 3.8) is 0 Å². The van der Waals surface area contributed by atoms with Crippen LogP contribution < -0.4 is 14.9 Å². The van der Waals surface area contributed by atoms with Crippen molar-refractivity contribution in [2.45, 2.75) is 32.7 Å². The lowest BCUT2D eigenvalue weighted by atomic mass is 9.91. The molecule has 45 heavy (non-hydrogen) atoms. The number of furan rings is 1. The van der Waals surface area contributed by atoms with Crippen molar-refractivity contribution in [2.24, 2.45) is 4.99 Å². The van der Waals surface area contributed by atoms with Crippen LogP contribution >= 0.6 is 11.3 Å². The number of carbonyl (C=O) groups excluding carboxylic acids is 1. The summed E-state index contributed by atoms with van der Waals surface area (Å²) in [5, 5.41) is 9.37. The highest BCUT2D eigenvalue weighted by molar-refractivity contribution is 7.07. The van der Waals surface area contributed by atoms with E-state index in [1.54, 1.807) is 41.8 Å². The molecule has 0 radical (unpaired) electrons. The number of hydrogen-bond donors (Lipinski definition) is 1. The Labute approximate surface area is 262 Å². The number of esters is 1. The van der Waals surface area contributed by atoms with Crippen LogP contribution in [0.3, 0.4) is 0 Å². The van der Waals surface area contributed by atoms with Gasteiger partial charge >= 0.3 is 11.9 Å². The molecule has 226 valence electrons. The normalized spacial score (nSPS) is 14.8. The fourth-order valence-electron chi connectivity index (χ4n) is 5.34. The van der Waals surface area contributed by atoms with Gasteiger partial charge in [-0.2, -0.15) is 0 Å². The maximum atomic E-state index is 14.1. The molecule has 1 N–H and O–H groups in total. The summed E-state index contributed by atoms with van der Waals surface area (Å²) in [6.45, 7) is 6.14. The third-order valence-corrected chi connectivity index (χ3v) is 8.57. The van der Waals surface area contributed by atoms with E-state index < -0.39 is 18.0 Å². The monoisotopic (exact) mass is 618 g/mol. The van der Waals surface area contributed by atoms with Gasteiger partial charge < -0.3 is 14.3 Å². The van der Waals surface area contributed by atoms with Gasteiger partial charge in [-0.15, -0.1) is 0 Å². The second kappa shape index (κ2) is 12.4. The van der Waals surface area contributed by atoms with Crippen LogP contribution in [-0.2, 0) is 9.53 Å². The third kappa shape index (κ3) is 5.82. The van der Waals surface area contributed by atoms with Crippen molar-refractivity contribution >= 4 is 35.0 Å². The highest BCUT2D eigenvalue weighted by Gasteiger charge is 2.35. The Balaban J connectivity index is 1.54. The number of thiazole rings is 1. The summed E-state index contributed by atoms with van der Waals surface area (Å²) in [7, 11) is 0.